The Morgan fingerprint density at radius 2 is 2.31 bits per heavy atom. The number of allylic oxidation sites excluding steroid dienone is 1. The Bertz CT molecular complexity index is 316. The first kappa shape index (κ1) is 8.29. The van der Waals surface area contributed by atoms with Crippen LogP contribution in [0, 0.1) is 11.8 Å². The fourth-order valence-electron chi connectivity index (χ4n) is 1.81. The van der Waals surface area contributed by atoms with Crippen LogP contribution in [-0.4, -0.2) is 24.0 Å². The van der Waals surface area contributed by atoms with Gasteiger partial charge >= 0.3 is 5.97 Å². The van der Waals surface area contributed by atoms with Crippen molar-refractivity contribution in [3.63, 3.8) is 0 Å². The first-order chi connectivity index (χ1) is 6.15. The maximum atomic E-state index is 11.4. The highest BCUT2D eigenvalue weighted by Crippen LogP contribution is 2.52. The molecule has 0 aliphatic heterocycles. The molecule has 2 fully saturated rings. The van der Waals surface area contributed by atoms with E-state index in [1.807, 2.05) is 0 Å². The molecule has 2 rings (SSSR count). The number of aliphatic hydroxyl groups is 1. The van der Waals surface area contributed by atoms with E-state index in [0.717, 1.165) is 6.42 Å². The van der Waals surface area contributed by atoms with E-state index >= 15 is 0 Å². The molecule has 2 saturated carbocycles. The molecule has 13 heavy (non-hydrogen) atoms. The molecule has 2 aliphatic rings. The van der Waals surface area contributed by atoms with Gasteiger partial charge in [0.15, 0.2) is 5.78 Å². The molecule has 4 heteroatoms. The van der Waals surface area contributed by atoms with Gasteiger partial charge in [-0.2, -0.15) is 0 Å². The summed E-state index contributed by atoms with van der Waals surface area (Å²) in [5.74, 6) is -0.951. The number of hydrogen-bond donors (Lipinski definition) is 1. The molecular formula is C9H10O4. The van der Waals surface area contributed by atoms with E-state index in [-0.39, 0.29) is 17.3 Å². The molecule has 0 unspecified atom stereocenters. The van der Waals surface area contributed by atoms with Crippen molar-refractivity contribution in [3.8, 4) is 0 Å². The summed E-state index contributed by atoms with van der Waals surface area (Å²) < 4.78 is 4.32. The SMILES string of the molecule is COC(=O)/C(O)=C1\C[C@@H]2C[C@@H]2C1=O. The lowest BCUT2D eigenvalue weighted by atomic mass is 10.1. The van der Waals surface area contributed by atoms with Gasteiger partial charge in [-0.15, -0.1) is 0 Å². The highest BCUT2D eigenvalue weighted by atomic mass is 16.5. The topological polar surface area (TPSA) is 63.6 Å². The summed E-state index contributed by atoms with van der Waals surface area (Å²) in [7, 11) is 1.18. The fourth-order valence-corrected chi connectivity index (χ4v) is 1.81. The zero-order valence-corrected chi connectivity index (χ0v) is 7.24. The highest BCUT2D eigenvalue weighted by Gasteiger charge is 2.52. The summed E-state index contributed by atoms with van der Waals surface area (Å²) in [5, 5.41) is 9.31. The Hall–Kier alpha value is -1.32. The van der Waals surface area contributed by atoms with E-state index in [1.165, 1.54) is 7.11 Å². The Balaban J connectivity index is 2.24. The molecule has 0 aromatic heterocycles. The first-order valence-corrected chi connectivity index (χ1v) is 4.19. The molecule has 0 saturated heterocycles. The second-order valence-electron chi connectivity index (χ2n) is 3.49. The van der Waals surface area contributed by atoms with Crippen LogP contribution in [0.4, 0.5) is 0 Å². The van der Waals surface area contributed by atoms with Gasteiger partial charge in [-0.25, -0.2) is 4.79 Å². The van der Waals surface area contributed by atoms with Gasteiger partial charge in [0, 0.05) is 11.5 Å². The number of ketones is 1. The van der Waals surface area contributed by atoms with Crippen molar-refractivity contribution in [2.45, 2.75) is 12.8 Å². The van der Waals surface area contributed by atoms with Crippen LogP contribution in [0.5, 0.6) is 0 Å². The van der Waals surface area contributed by atoms with Gasteiger partial charge in [0.05, 0.1) is 7.11 Å². The summed E-state index contributed by atoms with van der Waals surface area (Å²) in [5.41, 5.74) is 0.258. The van der Waals surface area contributed by atoms with Crippen molar-refractivity contribution in [1.82, 2.24) is 0 Å². The number of ether oxygens (including phenoxy) is 1. The zero-order valence-electron chi connectivity index (χ0n) is 7.24. The molecule has 0 bridgehead atoms. The Labute approximate surface area is 75.2 Å². The lowest BCUT2D eigenvalue weighted by Crippen LogP contribution is -2.11. The molecule has 0 spiro atoms. The highest BCUT2D eigenvalue weighted by molar-refractivity contribution is 6.07. The average molecular weight is 182 g/mol. The van der Waals surface area contributed by atoms with Crippen LogP contribution in [0.25, 0.3) is 0 Å². The maximum Gasteiger partial charge on any atom is 0.373 e. The molecular weight excluding hydrogens is 172 g/mol. The van der Waals surface area contributed by atoms with Crippen molar-refractivity contribution in [2.75, 3.05) is 7.11 Å². The minimum absolute atomic E-state index is 0.0711. The molecule has 1 N–H and O–H groups in total. The summed E-state index contributed by atoms with van der Waals surface area (Å²) >= 11 is 0. The van der Waals surface area contributed by atoms with Crippen molar-refractivity contribution in [1.29, 1.82) is 0 Å². The van der Waals surface area contributed by atoms with Gasteiger partial charge in [0.25, 0.3) is 0 Å². The predicted molar refractivity (Wildman–Crippen MR) is 42.9 cm³/mol. The first-order valence-electron chi connectivity index (χ1n) is 4.19. The van der Waals surface area contributed by atoms with E-state index in [0.29, 0.717) is 12.3 Å². The number of Topliss-reactive ketones (excluding diaryl/α,β-unsaturated/α-hetero) is 1. The number of carbonyl (C=O) groups is 2. The Morgan fingerprint density at radius 1 is 1.62 bits per heavy atom. The third kappa shape index (κ3) is 1.13. The van der Waals surface area contributed by atoms with Gasteiger partial charge in [0.2, 0.25) is 5.76 Å². The van der Waals surface area contributed by atoms with Crippen LogP contribution >= 0.6 is 0 Å². The molecule has 0 heterocycles. The van der Waals surface area contributed by atoms with Crippen LogP contribution in [0.3, 0.4) is 0 Å². The van der Waals surface area contributed by atoms with Gasteiger partial charge < -0.3 is 9.84 Å². The quantitative estimate of drug-likeness (QED) is 0.366. The van der Waals surface area contributed by atoms with E-state index < -0.39 is 11.7 Å². The normalized spacial score (nSPS) is 34.1. The minimum Gasteiger partial charge on any atom is -0.502 e. The average Bonchev–Trinajstić information content (AvgIpc) is 2.84. The summed E-state index contributed by atoms with van der Waals surface area (Å²) in [6, 6.07) is 0. The lowest BCUT2D eigenvalue weighted by Gasteiger charge is -2.02. The van der Waals surface area contributed by atoms with Crippen LogP contribution in [0.15, 0.2) is 11.3 Å². The second-order valence-corrected chi connectivity index (χ2v) is 3.49. The fraction of sp³-hybridized carbons (Fsp3) is 0.556. The van der Waals surface area contributed by atoms with Crippen molar-refractivity contribution in [2.24, 2.45) is 11.8 Å². The predicted octanol–water partition coefficient (Wildman–Crippen LogP) is 0.580. The van der Waals surface area contributed by atoms with Crippen LogP contribution in [-0.2, 0) is 14.3 Å². The second kappa shape index (κ2) is 2.58. The van der Waals surface area contributed by atoms with Crippen LogP contribution < -0.4 is 0 Å². The summed E-state index contributed by atoms with van der Waals surface area (Å²) in [4.78, 5) is 22.3. The van der Waals surface area contributed by atoms with Crippen LogP contribution in [0.1, 0.15) is 12.8 Å². The minimum atomic E-state index is -0.815. The zero-order chi connectivity index (χ0) is 9.59. The molecule has 0 aromatic carbocycles. The largest absolute Gasteiger partial charge is 0.502 e. The van der Waals surface area contributed by atoms with Crippen LogP contribution in [0.2, 0.25) is 0 Å². The van der Waals surface area contributed by atoms with Gasteiger partial charge in [-0.3, -0.25) is 4.79 Å². The number of esters is 1. The molecule has 2 aliphatic carbocycles. The van der Waals surface area contributed by atoms with E-state index in [2.05, 4.69) is 4.74 Å². The lowest BCUT2D eigenvalue weighted by molar-refractivity contribution is -0.139. The number of fused-ring (bicyclic) bond motifs is 1. The molecule has 0 aromatic rings. The molecule has 70 valence electrons. The molecule has 0 radical (unpaired) electrons. The number of hydrogen-bond acceptors (Lipinski definition) is 4. The maximum absolute atomic E-state index is 11.4. The number of aliphatic hydroxyl groups excluding tert-OH is 1. The van der Waals surface area contributed by atoms with Gasteiger partial charge in [-0.05, 0) is 18.8 Å². The van der Waals surface area contributed by atoms with Crippen molar-refractivity contribution >= 4 is 11.8 Å². The van der Waals surface area contributed by atoms with Gasteiger partial charge in [0.1, 0.15) is 0 Å². The summed E-state index contributed by atoms with van der Waals surface area (Å²) in [6.07, 6.45) is 1.45. The van der Waals surface area contributed by atoms with Crippen molar-refractivity contribution < 1.29 is 19.4 Å². The van der Waals surface area contributed by atoms with Gasteiger partial charge in [-0.1, -0.05) is 0 Å². The van der Waals surface area contributed by atoms with E-state index in [9.17, 15) is 14.7 Å². The Kier molecular flexibility index (Phi) is 1.65. The number of carbonyl (C=O) groups excluding carboxylic acids is 2. The smallest absolute Gasteiger partial charge is 0.373 e. The molecule has 0 amide bonds. The standard InChI is InChI=1S/C9H10O4/c1-13-9(12)8(11)6-3-4-2-5(4)7(6)10/h4-5,11H,2-3H2,1H3/b8-6-/t4-,5-/m0/s1. The van der Waals surface area contributed by atoms with E-state index in [4.69, 9.17) is 0 Å². The third-order valence-electron chi connectivity index (χ3n) is 2.69. The Morgan fingerprint density at radius 3 is 2.77 bits per heavy atom. The number of rotatable bonds is 1. The molecule has 4 nitrogen and oxygen atoms in total. The summed E-state index contributed by atoms with van der Waals surface area (Å²) in [6.45, 7) is 0. The van der Waals surface area contributed by atoms with E-state index in [1.54, 1.807) is 0 Å². The monoisotopic (exact) mass is 182 g/mol. The molecule has 2 atom stereocenters. The third-order valence-corrected chi connectivity index (χ3v) is 2.69. The van der Waals surface area contributed by atoms with Crippen molar-refractivity contribution in [3.05, 3.63) is 11.3 Å². The number of methoxy groups -OCH3 is 1.